The normalized spacial score (nSPS) is 13.4. The SMILES string of the molecule is CC/C=C\C/C=C\C/C=C\C/C=C\CCCCCCCCCCCCCCCCCCC(=O)NC(CO)C(O)/C=C/CC/C=C/CCCCCCCCCCCCCCCCC. The first kappa shape index (κ1) is 59.8. The monoisotopic (exact) mass is 864 g/mol. The van der Waals surface area contributed by atoms with Crippen LogP contribution >= 0.6 is 0 Å². The van der Waals surface area contributed by atoms with Gasteiger partial charge in [-0.15, -0.1) is 0 Å². The number of aliphatic hydroxyl groups excluding tert-OH is 2. The fraction of sp³-hybridized carbons (Fsp3) is 0.776. The van der Waals surface area contributed by atoms with Crippen LogP contribution in [0, 0.1) is 0 Å². The molecule has 0 spiro atoms. The zero-order chi connectivity index (χ0) is 44.9. The van der Waals surface area contributed by atoms with Gasteiger partial charge in [0.2, 0.25) is 5.91 Å². The van der Waals surface area contributed by atoms with E-state index in [9.17, 15) is 15.0 Å². The fourth-order valence-electron chi connectivity index (χ4n) is 8.07. The van der Waals surface area contributed by atoms with Gasteiger partial charge in [-0.3, -0.25) is 4.79 Å². The van der Waals surface area contributed by atoms with Crippen LogP contribution in [0.25, 0.3) is 0 Å². The third-order valence-corrected chi connectivity index (χ3v) is 12.2. The van der Waals surface area contributed by atoms with E-state index in [4.69, 9.17) is 0 Å². The summed E-state index contributed by atoms with van der Waals surface area (Å²) in [6, 6.07) is -0.642. The highest BCUT2D eigenvalue weighted by molar-refractivity contribution is 5.76. The topological polar surface area (TPSA) is 69.6 Å². The van der Waals surface area contributed by atoms with Crippen molar-refractivity contribution in [2.45, 2.75) is 283 Å². The van der Waals surface area contributed by atoms with Crippen LogP contribution in [0.1, 0.15) is 271 Å². The Morgan fingerprint density at radius 3 is 1.13 bits per heavy atom. The Morgan fingerprint density at radius 2 is 0.726 bits per heavy atom. The van der Waals surface area contributed by atoms with Gasteiger partial charge in [0.15, 0.2) is 0 Å². The molecule has 4 nitrogen and oxygen atoms in total. The molecule has 0 aliphatic carbocycles. The van der Waals surface area contributed by atoms with E-state index in [1.165, 1.54) is 193 Å². The second-order valence-electron chi connectivity index (χ2n) is 18.3. The van der Waals surface area contributed by atoms with E-state index in [0.29, 0.717) is 6.42 Å². The Labute approximate surface area is 387 Å². The molecule has 2 unspecified atom stereocenters. The molecule has 0 radical (unpaired) electrons. The zero-order valence-electron chi connectivity index (χ0n) is 41.4. The van der Waals surface area contributed by atoms with Crippen LogP contribution in [-0.4, -0.2) is 34.9 Å². The third kappa shape index (κ3) is 48.9. The number of aliphatic hydroxyl groups is 2. The molecule has 0 saturated heterocycles. The number of unbranched alkanes of at least 4 members (excludes halogenated alkanes) is 32. The molecule has 0 rings (SSSR count). The van der Waals surface area contributed by atoms with Gasteiger partial charge in [0.05, 0.1) is 18.8 Å². The number of nitrogens with one attached hydrogen (secondary N) is 1. The number of hydrogen-bond donors (Lipinski definition) is 3. The molecule has 0 aromatic carbocycles. The lowest BCUT2D eigenvalue weighted by Crippen LogP contribution is -2.45. The summed E-state index contributed by atoms with van der Waals surface area (Å²) in [7, 11) is 0. The Kier molecular flexibility index (Phi) is 51.3. The molecule has 0 bridgehead atoms. The van der Waals surface area contributed by atoms with Crippen LogP contribution in [0.2, 0.25) is 0 Å². The predicted octanol–water partition coefficient (Wildman–Crippen LogP) is 17.8. The number of carbonyl (C=O) groups is 1. The van der Waals surface area contributed by atoms with Gasteiger partial charge in [0.25, 0.3) is 0 Å². The van der Waals surface area contributed by atoms with Gasteiger partial charge >= 0.3 is 0 Å². The summed E-state index contributed by atoms with van der Waals surface area (Å²) < 4.78 is 0. The first-order chi connectivity index (χ1) is 30.7. The quantitative estimate of drug-likeness (QED) is 0.0421. The Balaban J connectivity index is 3.53. The molecule has 0 heterocycles. The third-order valence-electron chi connectivity index (χ3n) is 12.2. The van der Waals surface area contributed by atoms with Crippen LogP contribution in [0.3, 0.4) is 0 Å². The summed E-state index contributed by atoms with van der Waals surface area (Å²) in [5, 5.41) is 23.1. The van der Waals surface area contributed by atoms with Crippen LogP contribution in [-0.2, 0) is 4.79 Å². The fourth-order valence-corrected chi connectivity index (χ4v) is 8.07. The van der Waals surface area contributed by atoms with E-state index in [1.807, 2.05) is 6.08 Å². The Hall–Kier alpha value is -2.17. The summed E-state index contributed by atoms with van der Waals surface area (Å²) in [5.41, 5.74) is 0. The molecule has 360 valence electrons. The van der Waals surface area contributed by atoms with Crippen molar-refractivity contribution in [3.8, 4) is 0 Å². The van der Waals surface area contributed by atoms with Crippen LogP contribution < -0.4 is 5.32 Å². The highest BCUT2D eigenvalue weighted by atomic mass is 16.3. The maximum atomic E-state index is 12.5. The van der Waals surface area contributed by atoms with Crippen molar-refractivity contribution in [1.82, 2.24) is 5.32 Å². The van der Waals surface area contributed by atoms with Gasteiger partial charge in [-0.2, -0.15) is 0 Å². The van der Waals surface area contributed by atoms with Crippen molar-refractivity contribution in [2.24, 2.45) is 0 Å². The van der Waals surface area contributed by atoms with Crippen molar-refractivity contribution < 1.29 is 15.0 Å². The number of rotatable bonds is 49. The summed E-state index contributed by atoms with van der Waals surface area (Å²) in [6.45, 7) is 4.20. The van der Waals surface area contributed by atoms with Crippen molar-refractivity contribution >= 4 is 5.91 Å². The second-order valence-corrected chi connectivity index (χ2v) is 18.3. The van der Waals surface area contributed by atoms with Crippen molar-refractivity contribution in [2.75, 3.05) is 6.61 Å². The first-order valence-corrected chi connectivity index (χ1v) is 27.2. The van der Waals surface area contributed by atoms with Crippen molar-refractivity contribution in [3.63, 3.8) is 0 Å². The Morgan fingerprint density at radius 1 is 0.403 bits per heavy atom. The molecule has 2 atom stereocenters. The lowest BCUT2D eigenvalue weighted by Gasteiger charge is -2.19. The Bertz CT molecular complexity index is 1070. The molecule has 0 aromatic rings. The number of allylic oxidation sites excluding steroid dienone is 11. The van der Waals surface area contributed by atoms with E-state index in [-0.39, 0.29) is 12.5 Å². The smallest absolute Gasteiger partial charge is 0.220 e. The molecule has 0 fully saturated rings. The van der Waals surface area contributed by atoms with Gasteiger partial charge in [-0.25, -0.2) is 0 Å². The molecule has 62 heavy (non-hydrogen) atoms. The van der Waals surface area contributed by atoms with E-state index in [0.717, 1.165) is 57.8 Å². The van der Waals surface area contributed by atoms with Crippen LogP contribution in [0.4, 0.5) is 0 Å². The molecular formula is C58H105NO3. The minimum absolute atomic E-state index is 0.0732. The van der Waals surface area contributed by atoms with E-state index in [1.54, 1.807) is 6.08 Å². The molecular weight excluding hydrogens is 759 g/mol. The first-order valence-electron chi connectivity index (χ1n) is 27.2. The summed E-state index contributed by atoms with van der Waals surface area (Å²) in [4.78, 5) is 12.5. The van der Waals surface area contributed by atoms with Gasteiger partial charge in [0, 0.05) is 6.42 Å². The van der Waals surface area contributed by atoms with Gasteiger partial charge in [-0.1, -0.05) is 267 Å². The lowest BCUT2D eigenvalue weighted by atomic mass is 10.0. The average Bonchev–Trinajstić information content (AvgIpc) is 3.28. The minimum atomic E-state index is -0.865. The molecule has 3 N–H and O–H groups in total. The maximum Gasteiger partial charge on any atom is 0.220 e. The lowest BCUT2D eigenvalue weighted by molar-refractivity contribution is -0.123. The zero-order valence-corrected chi connectivity index (χ0v) is 41.4. The summed E-state index contributed by atoms with van der Waals surface area (Å²) >= 11 is 0. The minimum Gasteiger partial charge on any atom is -0.394 e. The average molecular weight is 864 g/mol. The van der Waals surface area contributed by atoms with Crippen molar-refractivity contribution in [1.29, 1.82) is 0 Å². The molecule has 4 heteroatoms. The summed E-state index contributed by atoms with van der Waals surface area (Å²) in [5.74, 6) is -0.0732. The summed E-state index contributed by atoms with van der Waals surface area (Å²) in [6.07, 6.45) is 76.3. The van der Waals surface area contributed by atoms with Crippen LogP contribution in [0.5, 0.6) is 0 Å². The maximum absolute atomic E-state index is 12.5. The molecule has 1 amide bonds. The van der Waals surface area contributed by atoms with Gasteiger partial charge < -0.3 is 15.5 Å². The highest BCUT2D eigenvalue weighted by Crippen LogP contribution is 2.16. The van der Waals surface area contributed by atoms with Crippen LogP contribution in [0.15, 0.2) is 72.9 Å². The van der Waals surface area contributed by atoms with E-state index in [2.05, 4.69) is 79.9 Å². The predicted molar refractivity (Wildman–Crippen MR) is 276 cm³/mol. The highest BCUT2D eigenvalue weighted by Gasteiger charge is 2.17. The largest absolute Gasteiger partial charge is 0.394 e. The van der Waals surface area contributed by atoms with E-state index < -0.39 is 12.1 Å². The standard InChI is InChI=1S/C58H105NO3/c1-3-5-7-9-11-13-15-17-19-21-23-25-26-27-28-29-30-31-32-34-36-38-40-42-44-46-48-50-52-54-58(62)59-56(55-60)57(61)53-51-49-47-45-43-41-39-37-35-33-24-22-20-18-16-14-12-10-8-6-4-2/h5,7,11,13,17,19,23,25,43,45,51,53,56-57,60-61H,3-4,6,8-10,12,14-16,18,20-22,24,26-42,44,46-50,52,54-55H2,1-2H3,(H,59,62)/b7-5-,13-11-,19-17-,25-23-,45-43+,53-51+. The van der Waals surface area contributed by atoms with Crippen molar-refractivity contribution in [3.05, 3.63) is 72.9 Å². The van der Waals surface area contributed by atoms with E-state index >= 15 is 0 Å². The number of carbonyl (C=O) groups excluding carboxylic acids is 1. The van der Waals surface area contributed by atoms with Gasteiger partial charge in [0.1, 0.15) is 0 Å². The number of amides is 1. The second kappa shape index (κ2) is 53.2. The molecule has 0 saturated carbocycles. The molecule has 0 aliphatic rings. The molecule has 0 aromatic heterocycles. The van der Waals surface area contributed by atoms with Gasteiger partial charge in [-0.05, 0) is 70.6 Å². The number of hydrogen-bond acceptors (Lipinski definition) is 3. The molecule has 0 aliphatic heterocycles.